The van der Waals surface area contributed by atoms with Crippen LogP contribution in [-0.4, -0.2) is 14.4 Å². The van der Waals surface area contributed by atoms with E-state index in [0.717, 1.165) is 0 Å². The summed E-state index contributed by atoms with van der Waals surface area (Å²) >= 11 is 0. The summed E-state index contributed by atoms with van der Waals surface area (Å²) in [6.45, 7) is 0. The first-order valence-electron chi connectivity index (χ1n) is 6.61. The Kier molecular flexibility index (Phi) is 2.30. The predicted octanol–water partition coefficient (Wildman–Crippen LogP) is 3.00. The molecule has 3 aromatic rings. The summed E-state index contributed by atoms with van der Waals surface area (Å²) < 4.78 is 15.7. The molecule has 20 heavy (non-hydrogen) atoms. The van der Waals surface area contributed by atoms with Gasteiger partial charge in [0.2, 0.25) is 5.78 Å². The van der Waals surface area contributed by atoms with Crippen molar-refractivity contribution in [2.45, 2.75) is 18.8 Å². The maximum Gasteiger partial charge on any atom is 0.234 e. The number of nitrogen functional groups attached to an aromatic ring is 1. The smallest absolute Gasteiger partial charge is 0.234 e. The normalized spacial score (nSPS) is 14.8. The zero-order valence-corrected chi connectivity index (χ0v) is 10.8. The number of imidazole rings is 1. The number of anilines is 1. The lowest BCUT2D eigenvalue weighted by molar-refractivity contribution is 0.631. The number of nitrogens with two attached hydrogens (primary N) is 1. The number of hydrogen-bond acceptors (Lipinski definition) is 3. The second kappa shape index (κ2) is 4.03. The lowest BCUT2D eigenvalue weighted by Gasteiger charge is -2.00. The highest BCUT2D eigenvalue weighted by Gasteiger charge is 2.24. The van der Waals surface area contributed by atoms with Crippen LogP contribution >= 0.6 is 0 Å². The van der Waals surface area contributed by atoms with Gasteiger partial charge in [0, 0.05) is 29.8 Å². The van der Waals surface area contributed by atoms with Gasteiger partial charge in [-0.05, 0) is 42.5 Å². The Bertz CT molecular complexity index is 805. The summed E-state index contributed by atoms with van der Waals surface area (Å²) in [4.78, 5) is 8.70. The summed E-state index contributed by atoms with van der Waals surface area (Å²) in [5.74, 6) is 0.873. The highest BCUT2D eigenvalue weighted by Crippen LogP contribution is 2.39. The molecule has 5 heteroatoms. The summed E-state index contributed by atoms with van der Waals surface area (Å²) in [6.07, 6.45) is 8.13. The predicted molar refractivity (Wildman–Crippen MR) is 74.8 cm³/mol. The molecule has 2 N–H and O–H groups in total. The van der Waals surface area contributed by atoms with E-state index in [1.54, 1.807) is 12.3 Å². The standard InChI is InChI=1S/C15H13FN4/c16-13-4-3-11(17)5-12(13)14-8-20-7-10(9-1-2-9)6-18-15(20)19-14/h3-9H,1-2,17H2. The van der Waals surface area contributed by atoms with Gasteiger partial charge in [0.05, 0.1) is 5.69 Å². The Morgan fingerprint density at radius 1 is 1.25 bits per heavy atom. The van der Waals surface area contributed by atoms with Crippen molar-refractivity contribution in [1.82, 2.24) is 14.4 Å². The monoisotopic (exact) mass is 268 g/mol. The molecule has 1 aliphatic carbocycles. The van der Waals surface area contributed by atoms with Gasteiger partial charge in [-0.25, -0.2) is 14.4 Å². The van der Waals surface area contributed by atoms with Gasteiger partial charge in [0.25, 0.3) is 0 Å². The van der Waals surface area contributed by atoms with Crippen LogP contribution in [0.1, 0.15) is 24.3 Å². The van der Waals surface area contributed by atoms with Gasteiger partial charge in [0.15, 0.2) is 0 Å². The fraction of sp³-hybridized carbons (Fsp3) is 0.200. The van der Waals surface area contributed by atoms with Crippen LogP contribution in [0.4, 0.5) is 10.1 Å². The van der Waals surface area contributed by atoms with Crippen molar-refractivity contribution >= 4 is 11.5 Å². The van der Waals surface area contributed by atoms with Crippen LogP contribution in [0.25, 0.3) is 17.0 Å². The lowest BCUT2D eigenvalue weighted by Crippen LogP contribution is -1.90. The molecular formula is C15H13FN4. The zero-order chi connectivity index (χ0) is 13.7. The van der Waals surface area contributed by atoms with Gasteiger partial charge in [-0.1, -0.05) is 0 Å². The van der Waals surface area contributed by atoms with Crippen LogP contribution in [0.2, 0.25) is 0 Å². The van der Waals surface area contributed by atoms with E-state index in [-0.39, 0.29) is 5.82 Å². The van der Waals surface area contributed by atoms with Crippen molar-refractivity contribution < 1.29 is 4.39 Å². The Hall–Kier alpha value is -2.43. The first-order valence-corrected chi connectivity index (χ1v) is 6.61. The van der Waals surface area contributed by atoms with Crippen molar-refractivity contribution in [3.8, 4) is 11.3 Å². The fourth-order valence-electron chi connectivity index (χ4n) is 2.40. The number of nitrogens with zero attached hydrogens (tertiary/aromatic N) is 3. The number of aromatic nitrogens is 3. The number of hydrogen-bond donors (Lipinski definition) is 1. The highest BCUT2D eigenvalue weighted by atomic mass is 19.1. The van der Waals surface area contributed by atoms with Gasteiger partial charge in [-0.2, -0.15) is 0 Å². The summed E-state index contributed by atoms with van der Waals surface area (Å²) in [5, 5.41) is 0. The molecule has 4 nitrogen and oxygen atoms in total. The average Bonchev–Trinajstić information content (AvgIpc) is 3.20. The average molecular weight is 268 g/mol. The molecule has 0 radical (unpaired) electrons. The van der Waals surface area contributed by atoms with Crippen LogP contribution < -0.4 is 5.73 Å². The van der Waals surface area contributed by atoms with E-state index in [9.17, 15) is 4.39 Å². The maximum atomic E-state index is 13.9. The molecule has 0 spiro atoms. The molecule has 1 fully saturated rings. The minimum Gasteiger partial charge on any atom is -0.399 e. The molecule has 100 valence electrons. The number of fused-ring (bicyclic) bond motifs is 1. The molecule has 0 unspecified atom stereocenters. The van der Waals surface area contributed by atoms with E-state index in [1.165, 1.54) is 30.5 Å². The second-order valence-corrected chi connectivity index (χ2v) is 5.23. The topological polar surface area (TPSA) is 56.2 Å². The SMILES string of the molecule is Nc1ccc(F)c(-c2cn3cc(C4CC4)cnc3n2)c1. The van der Waals surface area contributed by atoms with Crippen LogP contribution in [0.5, 0.6) is 0 Å². The van der Waals surface area contributed by atoms with Gasteiger partial charge in [-0.3, -0.25) is 4.40 Å². The van der Waals surface area contributed by atoms with Crippen molar-refractivity contribution in [2.24, 2.45) is 0 Å². The molecule has 1 aliphatic rings. The Morgan fingerprint density at radius 2 is 2.10 bits per heavy atom. The largest absolute Gasteiger partial charge is 0.399 e. The van der Waals surface area contributed by atoms with E-state index in [0.29, 0.717) is 28.6 Å². The van der Waals surface area contributed by atoms with Crippen LogP contribution in [0.3, 0.4) is 0 Å². The molecule has 0 atom stereocenters. The molecule has 0 amide bonds. The summed E-state index contributed by atoms with van der Waals surface area (Å²) in [6, 6.07) is 4.49. The minimum absolute atomic E-state index is 0.329. The summed E-state index contributed by atoms with van der Waals surface area (Å²) in [7, 11) is 0. The number of halogens is 1. The van der Waals surface area contributed by atoms with E-state index in [1.807, 2.05) is 16.8 Å². The second-order valence-electron chi connectivity index (χ2n) is 5.23. The fourth-order valence-corrected chi connectivity index (χ4v) is 2.40. The first kappa shape index (κ1) is 11.4. The van der Waals surface area contributed by atoms with Gasteiger partial charge in [0.1, 0.15) is 5.82 Å². The van der Waals surface area contributed by atoms with Crippen LogP contribution in [-0.2, 0) is 0 Å². The van der Waals surface area contributed by atoms with Gasteiger partial charge in [-0.15, -0.1) is 0 Å². The molecule has 0 aliphatic heterocycles. The molecule has 2 aromatic heterocycles. The molecule has 2 heterocycles. The molecule has 1 aromatic carbocycles. The zero-order valence-electron chi connectivity index (χ0n) is 10.8. The Balaban J connectivity index is 1.85. The Labute approximate surface area is 115 Å². The molecule has 1 saturated carbocycles. The molecular weight excluding hydrogens is 255 g/mol. The van der Waals surface area contributed by atoms with E-state index < -0.39 is 0 Å². The quantitative estimate of drug-likeness (QED) is 0.727. The highest BCUT2D eigenvalue weighted by molar-refractivity contribution is 5.66. The molecule has 0 saturated heterocycles. The first-order chi connectivity index (χ1) is 9.70. The van der Waals surface area contributed by atoms with Crippen molar-refractivity contribution in [3.05, 3.63) is 48.2 Å². The van der Waals surface area contributed by atoms with Gasteiger partial charge < -0.3 is 5.73 Å². The molecule has 4 rings (SSSR count). The molecule has 0 bridgehead atoms. The number of benzene rings is 1. The lowest BCUT2D eigenvalue weighted by atomic mass is 10.1. The third-order valence-electron chi connectivity index (χ3n) is 3.65. The van der Waals surface area contributed by atoms with Crippen molar-refractivity contribution in [3.63, 3.8) is 0 Å². The third kappa shape index (κ3) is 1.82. The summed E-state index contributed by atoms with van der Waals surface area (Å²) in [5.41, 5.74) is 8.41. The minimum atomic E-state index is -0.329. The van der Waals surface area contributed by atoms with E-state index in [2.05, 4.69) is 9.97 Å². The van der Waals surface area contributed by atoms with Crippen molar-refractivity contribution in [2.75, 3.05) is 5.73 Å². The van der Waals surface area contributed by atoms with Crippen LogP contribution in [0, 0.1) is 5.82 Å². The van der Waals surface area contributed by atoms with Crippen molar-refractivity contribution in [1.29, 1.82) is 0 Å². The number of rotatable bonds is 2. The van der Waals surface area contributed by atoms with E-state index >= 15 is 0 Å². The van der Waals surface area contributed by atoms with Crippen LogP contribution in [0.15, 0.2) is 36.8 Å². The van der Waals surface area contributed by atoms with E-state index in [4.69, 9.17) is 5.73 Å². The third-order valence-corrected chi connectivity index (χ3v) is 3.65. The maximum absolute atomic E-state index is 13.9. The van der Waals surface area contributed by atoms with Gasteiger partial charge >= 0.3 is 0 Å². The Morgan fingerprint density at radius 3 is 2.90 bits per heavy atom.